The summed E-state index contributed by atoms with van der Waals surface area (Å²) >= 11 is 0. The lowest BCUT2D eigenvalue weighted by Gasteiger charge is -1.49. The Bertz CT molecular complexity index is 71.2. The molecule has 0 radical (unpaired) electrons. The fraction of sp³-hybridized carbons (Fsp3) is 0.600. The van der Waals surface area contributed by atoms with Gasteiger partial charge in [-0.25, -0.2) is 6.57 Å². The van der Waals surface area contributed by atoms with Crippen molar-refractivity contribution in [3.63, 3.8) is 0 Å². The van der Waals surface area contributed by atoms with E-state index in [1.807, 2.05) is 0 Å². The van der Waals surface area contributed by atoms with Gasteiger partial charge in [-0.15, -0.1) is 0 Å². The molecular weight excluding hydrogens is 88.1 g/mol. The molecule has 0 atom stereocenters. The van der Waals surface area contributed by atoms with Crippen molar-refractivity contribution < 1.29 is 0 Å². The predicted octanol–water partition coefficient (Wildman–Crippen LogP) is 1.70. The topological polar surface area (TPSA) is 28.1 Å². The van der Waals surface area contributed by atoms with Crippen molar-refractivity contribution in [3.8, 4) is 6.07 Å². The highest BCUT2D eigenvalue weighted by Crippen LogP contribution is 1.54. The fourth-order valence-electron chi connectivity index (χ4n) is 0.0354. The summed E-state index contributed by atoms with van der Waals surface area (Å²) in [6.07, 6.45) is 0. The average molecular weight is 98.1 g/mol. The molecule has 0 spiro atoms. The van der Waals surface area contributed by atoms with Crippen molar-refractivity contribution >= 4 is 0 Å². The Labute approximate surface area is 45.2 Å². The number of hydrogen-bond donors (Lipinski definition) is 0. The van der Waals surface area contributed by atoms with Crippen molar-refractivity contribution in [2.75, 3.05) is 6.54 Å². The minimum absolute atomic E-state index is 0. The van der Waals surface area contributed by atoms with E-state index in [-0.39, 0.29) is 21.4 Å². The van der Waals surface area contributed by atoms with Crippen molar-refractivity contribution in [2.45, 2.75) is 14.9 Å². The number of hydrogen-bond acceptors (Lipinski definition) is 1. The van der Waals surface area contributed by atoms with Crippen LogP contribution < -0.4 is 0 Å². The molecule has 0 aromatic heterocycles. The highest BCUT2D eigenvalue weighted by atomic mass is 14.6. The van der Waals surface area contributed by atoms with Crippen molar-refractivity contribution in [2.24, 2.45) is 0 Å². The molecular formula is C5H10N2. The van der Waals surface area contributed by atoms with E-state index >= 15 is 0 Å². The van der Waals surface area contributed by atoms with E-state index in [1.54, 1.807) is 6.07 Å². The van der Waals surface area contributed by atoms with E-state index in [1.165, 1.54) is 0 Å². The van der Waals surface area contributed by atoms with Gasteiger partial charge in [-0.1, -0.05) is 14.9 Å². The molecule has 0 aromatic rings. The molecule has 40 valence electrons. The molecule has 0 fully saturated rings. The van der Waals surface area contributed by atoms with E-state index in [2.05, 4.69) is 4.85 Å². The molecule has 7 heavy (non-hydrogen) atoms. The first-order chi connectivity index (χ1) is 2.41. The van der Waals surface area contributed by atoms with Gasteiger partial charge >= 0.3 is 0 Å². The molecule has 0 heterocycles. The molecule has 0 rings (SSSR count). The summed E-state index contributed by atoms with van der Waals surface area (Å²) in [6.45, 7) is 5.99. The van der Waals surface area contributed by atoms with Crippen LogP contribution in [0.1, 0.15) is 14.9 Å². The third-order valence-electron chi connectivity index (χ3n) is 0.150. The van der Waals surface area contributed by atoms with Crippen LogP contribution in [0.2, 0.25) is 0 Å². The number of nitrogens with zero attached hydrogens (tertiary/aromatic N) is 2. The second-order valence-corrected chi connectivity index (χ2v) is 0.474. The van der Waals surface area contributed by atoms with Gasteiger partial charge in [-0.2, -0.15) is 5.26 Å². The van der Waals surface area contributed by atoms with Crippen LogP contribution in [-0.2, 0) is 0 Å². The Morgan fingerprint density at radius 2 is 2.00 bits per heavy atom. The smallest absolute Gasteiger partial charge is 0.298 e. The molecule has 0 bridgehead atoms. The summed E-state index contributed by atoms with van der Waals surface area (Å²) in [7, 11) is 0. The van der Waals surface area contributed by atoms with E-state index in [0.29, 0.717) is 0 Å². The fourth-order valence-corrected chi connectivity index (χ4v) is 0.0354. The van der Waals surface area contributed by atoms with Gasteiger partial charge in [0.25, 0.3) is 6.54 Å². The summed E-state index contributed by atoms with van der Waals surface area (Å²) in [6, 6.07) is 1.66. The predicted molar refractivity (Wildman–Crippen MR) is 30.5 cm³/mol. The minimum Gasteiger partial charge on any atom is -0.301 e. The summed E-state index contributed by atoms with van der Waals surface area (Å²) < 4.78 is 0. The first-order valence-electron chi connectivity index (χ1n) is 1.12. The van der Waals surface area contributed by atoms with Crippen LogP contribution >= 0.6 is 0 Å². The van der Waals surface area contributed by atoms with Crippen molar-refractivity contribution in [1.82, 2.24) is 0 Å². The number of nitriles is 1. The Morgan fingerprint density at radius 3 is 2.00 bits per heavy atom. The standard InChI is InChI=1S/C3H2N2.2CH4/c1-5-3-2-4;;/h3H2;2*1H4. The van der Waals surface area contributed by atoms with Gasteiger partial charge in [0, 0.05) is 0 Å². The molecule has 0 aliphatic heterocycles. The number of rotatable bonds is 0. The Balaban J connectivity index is -0.0000000800. The van der Waals surface area contributed by atoms with Crippen LogP contribution in [0.5, 0.6) is 0 Å². The zero-order valence-electron chi connectivity index (χ0n) is 2.60. The Morgan fingerprint density at radius 1 is 1.57 bits per heavy atom. The second kappa shape index (κ2) is 20.1. The van der Waals surface area contributed by atoms with Crippen LogP contribution in [0.3, 0.4) is 0 Å². The van der Waals surface area contributed by atoms with Gasteiger partial charge in [0.05, 0.1) is 0 Å². The molecule has 0 saturated carbocycles. The lowest BCUT2D eigenvalue weighted by molar-refractivity contribution is 1.43. The van der Waals surface area contributed by atoms with Crippen LogP contribution in [0.4, 0.5) is 0 Å². The molecule has 0 aliphatic rings. The third kappa shape index (κ3) is 46.0. The zero-order valence-corrected chi connectivity index (χ0v) is 2.60. The highest BCUT2D eigenvalue weighted by molar-refractivity contribution is 4.81. The van der Waals surface area contributed by atoms with Gasteiger partial charge in [0.15, 0.2) is 0 Å². The molecule has 0 N–H and O–H groups in total. The van der Waals surface area contributed by atoms with Gasteiger partial charge in [-0.05, 0) is 0 Å². The first kappa shape index (κ1) is 16.7. The lowest BCUT2D eigenvalue weighted by Crippen LogP contribution is -1.56. The van der Waals surface area contributed by atoms with E-state index in [0.717, 1.165) is 0 Å². The quantitative estimate of drug-likeness (QED) is 0.335. The van der Waals surface area contributed by atoms with Crippen LogP contribution in [0.15, 0.2) is 0 Å². The van der Waals surface area contributed by atoms with Crippen molar-refractivity contribution in [1.29, 1.82) is 5.26 Å². The van der Waals surface area contributed by atoms with E-state index in [9.17, 15) is 0 Å². The molecule has 0 aromatic carbocycles. The Hall–Kier alpha value is -1.02. The van der Waals surface area contributed by atoms with Gasteiger partial charge in [0.2, 0.25) is 0 Å². The molecule has 2 nitrogen and oxygen atoms in total. The highest BCUT2D eigenvalue weighted by Gasteiger charge is 1.64. The molecule has 0 amide bonds. The maximum atomic E-state index is 7.60. The van der Waals surface area contributed by atoms with Gasteiger partial charge in [0.1, 0.15) is 6.07 Å². The summed E-state index contributed by atoms with van der Waals surface area (Å²) in [4.78, 5) is 2.74. The minimum atomic E-state index is -0.0139. The first-order valence-corrected chi connectivity index (χ1v) is 1.12. The van der Waals surface area contributed by atoms with E-state index < -0.39 is 0 Å². The second-order valence-electron chi connectivity index (χ2n) is 0.474. The van der Waals surface area contributed by atoms with Crippen LogP contribution in [-0.4, -0.2) is 6.54 Å². The third-order valence-corrected chi connectivity index (χ3v) is 0.150. The van der Waals surface area contributed by atoms with Crippen LogP contribution in [0, 0.1) is 17.9 Å². The monoisotopic (exact) mass is 98.1 g/mol. The van der Waals surface area contributed by atoms with Crippen LogP contribution in [0.25, 0.3) is 4.85 Å². The molecule has 0 aliphatic carbocycles. The molecule has 0 saturated heterocycles. The largest absolute Gasteiger partial charge is 0.301 e. The average Bonchev–Trinajstić information content (AvgIpc) is 1.41. The summed E-state index contributed by atoms with van der Waals surface area (Å²) in [5.41, 5.74) is 0. The lowest BCUT2D eigenvalue weighted by atomic mass is 10.8. The van der Waals surface area contributed by atoms with Gasteiger partial charge in [-0.3, -0.25) is 0 Å². The molecule has 0 unspecified atom stereocenters. The molecule has 2 heteroatoms. The zero-order chi connectivity index (χ0) is 4.12. The van der Waals surface area contributed by atoms with Gasteiger partial charge < -0.3 is 4.85 Å². The summed E-state index contributed by atoms with van der Waals surface area (Å²) in [5, 5.41) is 7.60. The summed E-state index contributed by atoms with van der Waals surface area (Å²) in [5.74, 6) is 0. The SMILES string of the molecule is C.C.[C-]#[N+]CC#N. The maximum absolute atomic E-state index is 7.60. The van der Waals surface area contributed by atoms with E-state index in [4.69, 9.17) is 11.8 Å². The normalized spacial score (nSPS) is 3.14. The maximum Gasteiger partial charge on any atom is 0.298 e. The van der Waals surface area contributed by atoms with Crippen molar-refractivity contribution in [3.05, 3.63) is 11.4 Å². The Kier molecular flexibility index (Phi) is 48.0.